The van der Waals surface area contributed by atoms with E-state index in [0.29, 0.717) is 30.6 Å². The summed E-state index contributed by atoms with van der Waals surface area (Å²) in [7, 11) is 1.67. The van der Waals surface area contributed by atoms with Crippen molar-refractivity contribution >= 4 is 28.6 Å². The van der Waals surface area contributed by atoms with Crippen LogP contribution in [0.25, 0.3) is 22.3 Å². The largest absolute Gasteiger partial charge is 0.481 e. The molecule has 0 spiro atoms. The molecule has 1 atom stereocenters. The molecule has 0 radical (unpaired) electrons. The molecule has 11 heteroatoms. The van der Waals surface area contributed by atoms with Gasteiger partial charge in [0.15, 0.2) is 23.2 Å². The Labute approximate surface area is 282 Å². The van der Waals surface area contributed by atoms with Crippen molar-refractivity contribution in [3.05, 3.63) is 94.9 Å². The zero-order valence-electron chi connectivity index (χ0n) is 27.4. The number of aromatic nitrogens is 4. The summed E-state index contributed by atoms with van der Waals surface area (Å²) < 4.78 is 38.9. The Morgan fingerprint density at radius 1 is 1.10 bits per heavy atom. The number of H-pyrrole nitrogens is 1. The van der Waals surface area contributed by atoms with Gasteiger partial charge in [-0.25, -0.2) is 18.4 Å². The van der Waals surface area contributed by atoms with Gasteiger partial charge in [-0.2, -0.15) is 16.9 Å². The van der Waals surface area contributed by atoms with Gasteiger partial charge in [0.1, 0.15) is 11.6 Å². The first-order chi connectivity index (χ1) is 23.0. The van der Waals surface area contributed by atoms with Gasteiger partial charge >= 0.3 is 5.97 Å². The van der Waals surface area contributed by atoms with E-state index in [9.17, 15) is 15.0 Å². The highest BCUT2D eigenvalue weighted by Gasteiger charge is 2.39. The van der Waals surface area contributed by atoms with Gasteiger partial charge in [0, 0.05) is 42.2 Å². The topological polar surface area (TPSA) is 113 Å². The lowest BCUT2D eigenvalue weighted by atomic mass is 9.74. The quantitative estimate of drug-likeness (QED) is 0.174. The van der Waals surface area contributed by atoms with Crippen molar-refractivity contribution in [3.8, 4) is 22.9 Å². The van der Waals surface area contributed by atoms with E-state index < -0.39 is 23.0 Å². The van der Waals surface area contributed by atoms with Gasteiger partial charge in [-0.3, -0.25) is 4.79 Å². The number of carboxylic acid groups (broad SMARTS) is 1. The molecule has 5 aromatic rings. The Morgan fingerprint density at radius 3 is 2.73 bits per heavy atom. The van der Waals surface area contributed by atoms with E-state index in [1.165, 1.54) is 28.9 Å². The molecule has 0 saturated heterocycles. The molecule has 6 rings (SSSR count). The summed E-state index contributed by atoms with van der Waals surface area (Å²) in [4.78, 5) is 19.3. The molecule has 3 N–H and O–H groups in total. The van der Waals surface area contributed by atoms with Crippen molar-refractivity contribution in [1.29, 1.82) is 0 Å². The van der Waals surface area contributed by atoms with E-state index in [2.05, 4.69) is 18.8 Å². The number of fused-ring (bicyclic) bond motifs is 8. The third kappa shape index (κ3) is 6.84. The van der Waals surface area contributed by atoms with E-state index in [1.54, 1.807) is 25.0 Å². The number of rotatable bonds is 5. The number of nitrogens with zero attached hydrogens (tertiary/aromatic N) is 3. The number of halogens is 2. The van der Waals surface area contributed by atoms with Crippen LogP contribution in [0, 0.1) is 17.0 Å². The summed E-state index contributed by atoms with van der Waals surface area (Å²) in [5.74, 6) is 0.604. The van der Waals surface area contributed by atoms with E-state index in [4.69, 9.17) is 14.8 Å². The van der Waals surface area contributed by atoms with Crippen LogP contribution < -0.4 is 4.74 Å². The maximum atomic E-state index is 15.6. The van der Waals surface area contributed by atoms with Crippen molar-refractivity contribution in [1.82, 2.24) is 19.7 Å². The molecule has 3 heterocycles. The number of aliphatic carboxylic acids is 1. The van der Waals surface area contributed by atoms with Gasteiger partial charge in [0.05, 0.1) is 17.6 Å². The Morgan fingerprint density at radius 2 is 1.94 bits per heavy atom. The van der Waals surface area contributed by atoms with E-state index in [1.807, 2.05) is 30.3 Å². The fourth-order valence-corrected chi connectivity index (χ4v) is 7.82. The second kappa shape index (κ2) is 13.7. The molecular formula is C37H40F2N4O4S. The minimum absolute atomic E-state index is 0.0183. The number of ether oxygens (including phenoxy) is 1. The fourth-order valence-electron chi connectivity index (χ4n) is 6.63. The Hall–Kier alpha value is -4.22. The minimum Gasteiger partial charge on any atom is -0.481 e. The highest BCUT2D eigenvalue weighted by atomic mass is 32.2. The van der Waals surface area contributed by atoms with E-state index in [-0.39, 0.29) is 41.3 Å². The number of aliphatic hydroxyl groups excluding tert-OH is 1. The monoisotopic (exact) mass is 674 g/mol. The van der Waals surface area contributed by atoms with Crippen LogP contribution in [0.4, 0.5) is 8.78 Å². The van der Waals surface area contributed by atoms with Gasteiger partial charge in [-0.05, 0) is 78.0 Å². The summed E-state index contributed by atoms with van der Waals surface area (Å²) in [6, 6.07) is 15.1. The van der Waals surface area contributed by atoms with Gasteiger partial charge in [-0.1, -0.05) is 44.5 Å². The van der Waals surface area contributed by atoms with Gasteiger partial charge in [-0.15, -0.1) is 0 Å². The van der Waals surface area contributed by atoms with Crippen LogP contribution in [0.15, 0.2) is 60.8 Å². The van der Waals surface area contributed by atoms with Crippen molar-refractivity contribution in [3.63, 3.8) is 0 Å². The first kappa shape index (κ1) is 33.7. The summed E-state index contributed by atoms with van der Waals surface area (Å²) in [6.07, 6.45) is 4.81. The Kier molecular flexibility index (Phi) is 9.62. The molecule has 4 bridgehead atoms. The third-order valence-electron chi connectivity index (χ3n) is 9.28. The highest BCUT2D eigenvalue weighted by Crippen LogP contribution is 2.41. The lowest BCUT2D eigenvalue weighted by Crippen LogP contribution is -2.34. The number of hydrogen-bond donors (Lipinski definition) is 3. The van der Waals surface area contributed by atoms with Gasteiger partial charge in [0.25, 0.3) is 0 Å². The number of benzene rings is 3. The number of aromatic amines is 1. The second-order valence-corrected chi connectivity index (χ2v) is 14.5. The molecule has 1 aliphatic heterocycles. The average molecular weight is 675 g/mol. The number of thioether (sulfide) groups is 1. The van der Waals surface area contributed by atoms with Crippen LogP contribution in [-0.4, -0.2) is 54.0 Å². The van der Waals surface area contributed by atoms with Crippen LogP contribution in [0.3, 0.4) is 0 Å². The summed E-state index contributed by atoms with van der Waals surface area (Å²) in [6.45, 7) is 4.14. The SMILES string of the molecule is Cn1nc2nc1-c1cc(ccc1F)Oc1c(F)cc3[nH]ccc3c1CCSCC(C)(C)CCCC2(CO)c1cccc(CCC(=O)O)c1. The molecule has 1 aliphatic rings. The van der Waals surface area contributed by atoms with Gasteiger partial charge in [0.2, 0.25) is 0 Å². The van der Waals surface area contributed by atoms with Crippen molar-refractivity contribution in [2.75, 3.05) is 18.1 Å². The molecule has 0 amide bonds. The maximum Gasteiger partial charge on any atom is 0.303 e. The predicted molar refractivity (Wildman–Crippen MR) is 184 cm³/mol. The van der Waals surface area contributed by atoms with Gasteiger partial charge < -0.3 is 19.9 Å². The lowest BCUT2D eigenvalue weighted by molar-refractivity contribution is -0.136. The molecule has 252 valence electrons. The number of carbonyl (C=O) groups is 1. The number of hydrogen-bond acceptors (Lipinski definition) is 6. The molecule has 48 heavy (non-hydrogen) atoms. The van der Waals surface area contributed by atoms with Crippen LogP contribution in [-0.2, 0) is 30.1 Å². The van der Waals surface area contributed by atoms with Crippen LogP contribution in [0.1, 0.15) is 62.0 Å². The average Bonchev–Trinajstić information content (AvgIpc) is 3.68. The molecular weight excluding hydrogens is 634 g/mol. The first-order valence-electron chi connectivity index (χ1n) is 16.2. The molecule has 0 saturated carbocycles. The predicted octanol–water partition coefficient (Wildman–Crippen LogP) is 7.82. The molecule has 1 unspecified atom stereocenters. The van der Waals surface area contributed by atoms with Crippen LogP contribution in [0.2, 0.25) is 0 Å². The zero-order chi connectivity index (χ0) is 34.1. The molecule has 0 fully saturated rings. The maximum absolute atomic E-state index is 15.6. The summed E-state index contributed by atoms with van der Waals surface area (Å²) in [5, 5.41) is 26.1. The van der Waals surface area contributed by atoms with Crippen molar-refractivity contribution in [2.24, 2.45) is 12.5 Å². The standard InChI is InChI=1S/C37H40F2N4O4S/c1-36(2)14-5-15-37(21-44,24-7-4-6-23(18-24)8-11-32(45)46)35-41-34(43(3)42-35)28-19-25(9-10-29(28)38)47-33-27(13-17-48-22-36)26-12-16-40-31(26)20-30(33)39/h4,6-7,9-10,12,16,18-20,40,44H,5,8,11,13-15,17,21-22H2,1-3H3,(H,45,46). The highest BCUT2D eigenvalue weighted by molar-refractivity contribution is 7.99. The number of nitrogens with one attached hydrogen (secondary N) is 1. The minimum atomic E-state index is -1.03. The van der Waals surface area contributed by atoms with Crippen molar-refractivity contribution < 1.29 is 28.5 Å². The number of aliphatic hydroxyl groups is 1. The summed E-state index contributed by atoms with van der Waals surface area (Å²) >= 11 is 1.80. The number of carboxylic acids is 1. The Bertz CT molecular complexity index is 1960. The normalized spacial score (nSPS) is 18.5. The van der Waals surface area contributed by atoms with Crippen molar-refractivity contribution in [2.45, 2.75) is 57.8 Å². The smallest absolute Gasteiger partial charge is 0.303 e. The molecule has 8 nitrogen and oxygen atoms in total. The Balaban J connectivity index is 1.48. The first-order valence-corrected chi connectivity index (χ1v) is 17.3. The summed E-state index contributed by atoms with van der Waals surface area (Å²) in [5.41, 5.74) is 2.09. The third-order valence-corrected chi connectivity index (χ3v) is 10.8. The molecule has 3 aromatic carbocycles. The zero-order valence-corrected chi connectivity index (χ0v) is 28.2. The van der Waals surface area contributed by atoms with Crippen LogP contribution >= 0.6 is 11.8 Å². The number of aryl methyl sites for hydroxylation is 3. The molecule has 0 aliphatic carbocycles. The van der Waals surface area contributed by atoms with E-state index >= 15 is 8.78 Å². The lowest BCUT2D eigenvalue weighted by Gasteiger charge is -2.32. The fraction of sp³-hybridized carbons (Fsp3) is 0.378. The molecule has 2 aromatic heterocycles. The van der Waals surface area contributed by atoms with Crippen LogP contribution in [0.5, 0.6) is 11.5 Å². The second-order valence-electron chi connectivity index (χ2n) is 13.4. The van der Waals surface area contributed by atoms with E-state index in [0.717, 1.165) is 46.4 Å².